The molecule has 0 spiro atoms. The lowest BCUT2D eigenvalue weighted by Gasteiger charge is -2.24. The average molecular weight is 198 g/mol. The van der Waals surface area contributed by atoms with Gasteiger partial charge in [0.25, 0.3) is 0 Å². The van der Waals surface area contributed by atoms with Crippen molar-refractivity contribution in [2.24, 2.45) is 11.8 Å². The highest BCUT2D eigenvalue weighted by molar-refractivity contribution is 4.85. The molecule has 3 unspecified atom stereocenters. The fraction of sp³-hybridized carbons (Fsp3) is 1.00. The number of hydrogen-bond donors (Lipinski definition) is 1. The van der Waals surface area contributed by atoms with Gasteiger partial charge >= 0.3 is 0 Å². The number of rotatable bonds is 7. The third kappa shape index (κ3) is 3.97. The van der Waals surface area contributed by atoms with Gasteiger partial charge in [0.15, 0.2) is 0 Å². The molecule has 0 aliphatic heterocycles. The predicted octanol–water partition coefficient (Wildman–Crippen LogP) is 1.96. The molecule has 0 radical (unpaired) electrons. The maximum absolute atomic E-state index is 3.20. The van der Waals surface area contributed by atoms with E-state index in [-0.39, 0.29) is 0 Å². The number of hydrogen-bond acceptors (Lipinski definition) is 2. The molecule has 84 valence electrons. The van der Waals surface area contributed by atoms with E-state index in [1.54, 1.807) is 0 Å². The summed E-state index contributed by atoms with van der Waals surface area (Å²) in [5.74, 6) is 1.98. The molecule has 0 aromatic carbocycles. The van der Waals surface area contributed by atoms with E-state index in [1.165, 1.54) is 25.8 Å². The second-order valence-electron chi connectivity index (χ2n) is 5.01. The van der Waals surface area contributed by atoms with Crippen LogP contribution in [-0.4, -0.2) is 38.1 Å². The smallest absolute Gasteiger partial charge is 0.00644 e. The number of nitrogens with one attached hydrogen (secondary N) is 1. The van der Waals surface area contributed by atoms with Crippen molar-refractivity contribution >= 4 is 0 Å². The van der Waals surface area contributed by atoms with Crippen molar-refractivity contribution in [2.75, 3.05) is 27.2 Å². The molecule has 2 nitrogen and oxygen atoms in total. The lowest BCUT2D eigenvalue weighted by atomic mass is 10.1. The zero-order valence-electron chi connectivity index (χ0n) is 10.2. The zero-order chi connectivity index (χ0) is 10.6. The third-order valence-corrected chi connectivity index (χ3v) is 3.60. The molecule has 0 amide bonds. The van der Waals surface area contributed by atoms with E-state index in [0.717, 1.165) is 24.4 Å². The largest absolute Gasteiger partial charge is 0.320 e. The summed E-state index contributed by atoms with van der Waals surface area (Å²) >= 11 is 0. The molecule has 1 rings (SSSR count). The van der Waals surface area contributed by atoms with Crippen LogP contribution in [0.1, 0.15) is 33.1 Å². The van der Waals surface area contributed by atoms with Gasteiger partial charge in [0.1, 0.15) is 0 Å². The Hall–Kier alpha value is -0.0800. The van der Waals surface area contributed by atoms with Gasteiger partial charge in [-0.2, -0.15) is 0 Å². The van der Waals surface area contributed by atoms with Crippen LogP contribution in [-0.2, 0) is 0 Å². The quantitative estimate of drug-likeness (QED) is 0.629. The van der Waals surface area contributed by atoms with E-state index < -0.39 is 0 Å². The van der Waals surface area contributed by atoms with Gasteiger partial charge in [0.05, 0.1) is 0 Å². The predicted molar refractivity (Wildman–Crippen MR) is 62.5 cm³/mol. The summed E-state index contributed by atoms with van der Waals surface area (Å²) in [6.07, 6.45) is 4.06. The minimum Gasteiger partial charge on any atom is -0.320 e. The molecule has 0 aromatic rings. The Balaban J connectivity index is 2.06. The van der Waals surface area contributed by atoms with Crippen LogP contribution in [0, 0.1) is 11.8 Å². The molecule has 1 fully saturated rings. The molecule has 1 aliphatic carbocycles. The molecule has 14 heavy (non-hydrogen) atoms. The van der Waals surface area contributed by atoms with Crippen molar-refractivity contribution in [3.05, 3.63) is 0 Å². The van der Waals surface area contributed by atoms with E-state index in [2.05, 4.69) is 31.1 Å². The van der Waals surface area contributed by atoms with Crippen LogP contribution in [0.4, 0.5) is 0 Å². The summed E-state index contributed by atoms with van der Waals surface area (Å²) in [7, 11) is 4.30. The van der Waals surface area contributed by atoms with E-state index in [4.69, 9.17) is 0 Å². The van der Waals surface area contributed by atoms with Crippen molar-refractivity contribution in [2.45, 2.75) is 39.2 Å². The van der Waals surface area contributed by atoms with Gasteiger partial charge in [-0.15, -0.1) is 0 Å². The van der Waals surface area contributed by atoms with Crippen LogP contribution in [0.3, 0.4) is 0 Å². The van der Waals surface area contributed by atoms with Gasteiger partial charge < -0.3 is 10.2 Å². The highest BCUT2D eigenvalue weighted by atomic mass is 15.1. The van der Waals surface area contributed by atoms with Crippen LogP contribution >= 0.6 is 0 Å². The van der Waals surface area contributed by atoms with Crippen LogP contribution in [0.25, 0.3) is 0 Å². The van der Waals surface area contributed by atoms with Gasteiger partial charge in [0, 0.05) is 12.6 Å². The Morgan fingerprint density at radius 2 is 2.14 bits per heavy atom. The highest BCUT2D eigenvalue weighted by Crippen LogP contribution is 2.38. The molecule has 0 aromatic heterocycles. The molecule has 1 saturated carbocycles. The SMILES string of the molecule is CNCCCC(C)N(C)CC1CC1C. The van der Waals surface area contributed by atoms with Crippen LogP contribution in [0.5, 0.6) is 0 Å². The Labute approximate surface area is 89.1 Å². The first-order chi connectivity index (χ1) is 6.65. The first kappa shape index (κ1) is 12.0. The van der Waals surface area contributed by atoms with E-state index in [9.17, 15) is 0 Å². The van der Waals surface area contributed by atoms with E-state index >= 15 is 0 Å². The number of nitrogens with zero attached hydrogens (tertiary/aromatic N) is 1. The van der Waals surface area contributed by atoms with Gasteiger partial charge in [-0.1, -0.05) is 6.92 Å². The Morgan fingerprint density at radius 1 is 1.50 bits per heavy atom. The molecule has 1 N–H and O–H groups in total. The van der Waals surface area contributed by atoms with Crippen LogP contribution in [0.15, 0.2) is 0 Å². The Morgan fingerprint density at radius 3 is 2.64 bits per heavy atom. The molecular weight excluding hydrogens is 172 g/mol. The molecule has 0 bridgehead atoms. The lowest BCUT2D eigenvalue weighted by molar-refractivity contribution is 0.230. The second-order valence-corrected chi connectivity index (χ2v) is 5.01. The summed E-state index contributed by atoms with van der Waals surface area (Å²) in [5.41, 5.74) is 0. The highest BCUT2D eigenvalue weighted by Gasteiger charge is 2.33. The molecule has 2 heteroatoms. The zero-order valence-corrected chi connectivity index (χ0v) is 10.2. The van der Waals surface area contributed by atoms with Crippen LogP contribution in [0.2, 0.25) is 0 Å². The van der Waals surface area contributed by atoms with Gasteiger partial charge in [-0.3, -0.25) is 0 Å². The van der Waals surface area contributed by atoms with E-state index in [0.29, 0.717) is 0 Å². The first-order valence-electron chi connectivity index (χ1n) is 6.00. The van der Waals surface area contributed by atoms with Crippen molar-refractivity contribution in [3.8, 4) is 0 Å². The monoisotopic (exact) mass is 198 g/mol. The van der Waals surface area contributed by atoms with Crippen LogP contribution < -0.4 is 5.32 Å². The Bertz CT molecular complexity index is 158. The fourth-order valence-electron chi connectivity index (χ4n) is 2.00. The Kier molecular flexibility index (Phi) is 4.90. The van der Waals surface area contributed by atoms with Crippen molar-refractivity contribution in [3.63, 3.8) is 0 Å². The van der Waals surface area contributed by atoms with Gasteiger partial charge in [-0.05, 0) is 58.7 Å². The van der Waals surface area contributed by atoms with Crippen molar-refractivity contribution in [1.82, 2.24) is 10.2 Å². The average Bonchev–Trinajstić information content (AvgIpc) is 2.82. The standard InChI is InChI=1S/C12H26N2/c1-10-8-12(10)9-14(4)11(2)6-5-7-13-3/h10-13H,5-9H2,1-4H3. The topological polar surface area (TPSA) is 15.3 Å². The molecular formula is C12H26N2. The van der Waals surface area contributed by atoms with Gasteiger partial charge in [0.2, 0.25) is 0 Å². The fourth-order valence-corrected chi connectivity index (χ4v) is 2.00. The summed E-state index contributed by atoms with van der Waals surface area (Å²) < 4.78 is 0. The molecule has 0 saturated heterocycles. The second kappa shape index (κ2) is 5.72. The van der Waals surface area contributed by atoms with Gasteiger partial charge in [-0.25, -0.2) is 0 Å². The maximum atomic E-state index is 3.20. The minimum atomic E-state index is 0.746. The normalized spacial score (nSPS) is 28.1. The summed E-state index contributed by atoms with van der Waals surface area (Å²) in [6, 6.07) is 0.746. The molecule has 3 atom stereocenters. The summed E-state index contributed by atoms with van der Waals surface area (Å²) in [5, 5.41) is 3.20. The molecule has 1 aliphatic rings. The lowest BCUT2D eigenvalue weighted by Crippen LogP contribution is -2.31. The van der Waals surface area contributed by atoms with E-state index in [1.807, 2.05) is 7.05 Å². The summed E-state index contributed by atoms with van der Waals surface area (Å²) in [4.78, 5) is 2.53. The third-order valence-electron chi connectivity index (χ3n) is 3.60. The maximum Gasteiger partial charge on any atom is 0.00644 e. The summed E-state index contributed by atoms with van der Waals surface area (Å²) in [6.45, 7) is 7.17. The van der Waals surface area contributed by atoms with Crippen molar-refractivity contribution < 1.29 is 0 Å². The first-order valence-corrected chi connectivity index (χ1v) is 6.00. The van der Waals surface area contributed by atoms with Crippen molar-refractivity contribution in [1.29, 1.82) is 0 Å². The molecule has 0 heterocycles. The minimum absolute atomic E-state index is 0.746.